The Morgan fingerprint density at radius 3 is 2.14 bits per heavy atom. The number of anilines is 1. The molecule has 3 aromatic carbocycles. The van der Waals surface area contributed by atoms with Gasteiger partial charge in [-0.2, -0.15) is 0 Å². The first-order valence-electron chi connectivity index (χ1n) is 14.7. The molecule has 0 radical (unpaired) electrons. The number of sulfonamides is 1. The molecule has 44 heavy (non-hydrogen) atoms. The zero-order valence-electron chi connectivity index (χ0n) is 25.6. The first kappa shape index (κ1) is 35.2. The van der Waals surface area contributed by atoms with Gasteiger partial charge in [-0.3, -0.25) is 13.9 Å². The Bertz CT molecular complexity index is 1470. The molecule has 2 amide bonds. The van der Waals surface area contributed by atoms with Crippen molar-refractivity contribution >= 4 is 50.7 Å². The summed E-state index contributed by atoms with van der Waals surface area (Å²) in [6.07, 6.45) is 2.34. The van der Waals surface area contributed by atoms with Crippen molar-refractivity contribution in [1.29, 1.82) is 0 Å². The highest BCUT2D eigenvalue weighted by Gasteiger charge is 2.32. The van der Waals surface area contributed by atoms with Crippen molar-refractivity contribution in [1.82, 2.24) is 10.2 Å². The third kappa shape index (κ3) is 10.1. The van der Waals surface area contributed by atoms with Crippen molar-refractivity contribution in [2.45, 2.75) is 65.1 Å². The van der Waals surface area contributed by atoms with E-state index in [0.717, 1.165) is 18.2 Å². The van der Waals surface area contributed by atoms with Gasteiger partial charge >= 0.3 is 0 Å². The summed E-state index contributed by atoms with van der Waals surface area (Å²) in [5, 5.41) is 3.80. The van der Waals surface area contributed by atoms with Crippen LogP contribution in [0.5, 0.6) is 5.75 Å². The van der Waals surface area contributed by atoms with Crippen LogP contribution in [0.25, 0.3) is 0 Å². The fourth-order valence-electron chi connectivity index (χ4n) is 4.73. The topological polar surface area (TPSA) is 96.0 Å². The minimum absolute atomic E-state index is 0.00692. The second-order valence-corrected chi connectivity index (χ2v) is 13.3. The van der Waals surface area contributed by atoms with Gasteiger partial charge in [0.05, 0.1) is 18.6 Å². The van der Waals surface area contributed by atoms with Gasteiger partial charge in [0.2, 0.25) is 21.8 Å². The average Bonchev–Trinajstić information content (AvgIpc) is 2.98. The smallest absolute Gasteiger partial charge is 0.243 e. The molecule has 3 rings (SSSR count). The van der Waals surface area contributed by atoms with Crippen molar-refractivity contribution in [3.05, 3.63) is 94.0 Å². The van der Waals surface area contributed by atoms with E-state index in [0.29, 0.717) is 33.7 Å². The fourth-order valence-corrected chi connectivity index (χ4v) is 6.21. The minimum atomic E-state index is -3.64. The van der Waals surface area contributed by atoms with Gasteiger partial charge in [-0.1, -0.05) is 66.5 Å². The van der Waals surface area contributed by atoms with Gasteiger partial charge in [-0.15, -0.1) is 0 Å². The molecule has 8 nitrogen and oxygen atoms in total. The number of hydrogen-bond donors (Lipinski definition) is 1. The van der Waals surface area contributed by atoms with Gasteiger partial charge in [0.15, 0.2) is 0 Å². The van der Waals surface area contributed by atoms with Crippen LogP contribution in [0.2, 0.25) is 10.0 Å². The lowest BCUT2D eigenvalue weighted by atomic mass is 10.0. The lowest BCUT2D eigenvalue weighted by molar-refractivity contribution is -0.141. The molecule has 1 N–H and O–H groups in total. The van der Waals surface area contributed by atoms with Crippen molar-refractivity contribution in [2.75, 3.05) is 23.7 Å². The molecule has 238 valence electrons. The first-order valence-corrected chi connectivity index (χ1v) is 17.3. The maximum atomic E-state index is 14.0. The Balaban J connectivity index is 1.91. The van der Waals surface area contributed by atoms with Crippen LogP contribution in [-0.2, 0) is 32.6 Å². The van der Waals surface area contributed by atoms with E-state index in [9.17, 15) is 18.0 Å². The monoisotopic (exact) mass is 661 g/mol. The SMILES string of the molecule is CCOc1ccc(N(CCCC(=O)N(Cc2c(Cl)cccc2Cl)[C@H](Cc2ccccc2)C(=O)N[C@@H](C)CC)S(C)(=O)=O)cc1. The molecule has 3 aromatic rings. The summed E-state index contributed by atoms with van der Waals surface area (Å²) in [5.74, 6) is 0.0297. The normalized spacial score (nSPS) is 12.7. The van der Waals surface area contributed by atoms with E-state index < -0.39 is 16.1 Å². The molecule has 0 aliphatic carbocycles. The van der Waals surface area contributed by atoms with Gasteiger partial charge in [0.25, 0.3) is 0 Å². The van der Waals surface area contributed by atoms with Crippen molar-refractivity contribution in [3.63, 3.8) is 0 Å². The number of carbonyl (C=O) groups is 2. The van der Waals surface area contributed by atoms with Gasteiger partial charge in [-0.25, -0.2) is 8.42 Å². The zero-order valence-corrected chi connectivity index (χ0v) is 28.0. The average molecular weight is 663 g/mol. The molecule has 2 atom stereocenters. The standard InChI is InChI=1S/C33H41Cl2N3O5S/c1-5-24(3)36-33(40)31(22-25-12-8-7-9-13-25)37(23-28-29(34)14-10-15-30(28)35)32(39)16-11-21-38(44(4,41)42)26-17-19-27(20-18-26)43-6-2/h7-10,12-15,17-20,24,31H,5-6,11,16,21-23H2,1-4H3,(H,36,40)/t24-,31+/m0/s1. The van der Waals surface area contributed by atoms with Crippen molar-refractivity contribution in [3.8, 4) is 5.75 Å². The van der Waals surface area contributed by atoms with Gasteiger partial charge in [-0.05, 0) is 68.7 Å². The van der Waals surface area contributed by atoms with Gasteiger partial charge < -0.3 is 15.0 Å². The van der Waals surface area contributed by atoms with Crippen molar-refractivity contribution < 1.29 is 22.7 Å². The van der Waals surface area contributed by atoms with Crippen LogP contribution < -0.4 is 14.4 Å². The number of carbonyl (C=O) groups excluding carboxylic acids is 2. The number of ether oxygens (including phenoxy) is 1. The highest BCUT2D eigenvalue weighted by atomic mass is 35.5. The van der Waals surface area contributed by atoms with Crippen LogP contribution >= 0.6 is 23.2 Å². The van der Waals surface area contributed by atoms with E-state index in [1.54, 1.807) is 42.5 Å². The number of halogens is 2. The molecule has 0 saturated heterocycles. The molecule has 0 fully saturated rings. The van der Waals surface area contributed by atoms with Crippen LogP contribution in [0.4, 0.5) is 5.69 Å². The van der Waals surface area contributed by atoms with Crippen LogP contribution in [0.1, 0.15) is 51.2 Å². The van der Waals surface area contributed by atoms with Crippen LogP contribution in [-0.4, -0.2) is 56.6 Å². The summed E-state index contributed by atoms with van der Waals surface area (Å²) >= 11 is 13.0. The molecule has 0 bridgehead atoms. The summed E-state index contributed by atoms with van der Waals surface area (Å²) < 4.78 is 32.2. The third-order valence-corrected chi connectivity index (χ3v) is 9.15. The molecule has 0 heterocycles. The van der Waals surface area contributed by atoms with Crippen LogP contribution in [0.15, 0.2) is 72.8 Å². The van der Waals surface area contributed by atoms with Gasteiger partial charge in [0, 0.05) is 47.6 Å². The minimum Gasteiger partial charge on any atom is -0.494 e. The van der Waals surface area contributed by atoms with Crippen LogP contribution in [0.3, 0.4) is 0 Å². The number of hydrogen-bond acceptors (Lipinski definition) is 5. The van der Waals surface area contributed by atoms with E-state index in [1.807, 2.05) is 51.1 Å². The highest BCUT2D eigenvalue weighted by molar-refractivity contribution is 7.92. The molecule has 0 unspecified atom stereocenters. The number of benzene rings is 3. The largest absolute Gasteiger partial charge is 0.494 e. The van der Waals surface area contributed by atoms with E-state index >= 15 is 0 Å². The molecular formula is C33H41Cl2N3O5S. The Hall–Kier alpha value is -3.27. The quantitative estimate of drug-likeness (QED) is 0.189. The molecule has 0 saturated carbocycles. The van der Waals surface area contributed by atoms with E-state index in [2.05, 4.69) is 5.32 Å². The van der Waals surface area contributed by atoms with E-state index in [1.165, 1.54) is 9.21 Å². The first-order chi connectivity index (χ1) is 20.9. The Labute approximate surface area is 271 Å². The summed E-state index contributed by atoms with van der Waals surface area (Å²) in [5.41, 5.74) is 1.89. The zero-order chi connectivity index (χ0) is 32.3. The second-order valence-electron chi connectivity index (χ2n) is 10.6. The fraction of sp³-hybridized carbons (Fsp3) is 0.394. The van der Waals surface area contributed by atoms with Crippen LogP contribution in [0, 0.1) is 0 Å². The molecular weight excluding hydrogens is 621 g/mol. The predicted molar refractivity (Wildman–Crippen MR) is 178 cm³/mol. The Morgan fingerprint density at radius 2 is 1.57 bits per heavy atom. The van der Waals surface area contributed by atoms with E-state index in [4.69, 9.17) is 27.9 Å². The molecule has 0 aliphatic heterocycles. The maximum absolute atomic E-state index is 14.0. The maximum Gasteiger partial charge on any atom is 0.243 e. The third-order valence-electron chi connectivity index (χ3n) is 7.25. The Morgan fingerprint density at radius 1 is 0.932 bits per heavy atom. The lowest BCUT2D eigenvalue weighted by Gasteiger charge is -2.33. The predicted octanol–water partition coefficient (Wildman–Crippen LogP) is 6.49. The summed E-state index contributed by atoms with van der Waals surface area (Å²) in [6.45, 7) is 6.33. The lowest BCUT2D eigenvalue weighted by Crippen LogP contribution is -2.52. The van der Waals surface area contributed by atoms with Gasteiger partial charge in [0.1, 0.15) is 11.8 Å². The molecule has 0 aliphatic rings. The number of rotatable bonds is 16. The second kappa shape index (κ2) is 16.7. The number of amides is 2. The van der Waals surface area contributed by atoms with Crippen molar-refractivity contribution in [2.24, 2.45) is 0 Å². The number of nitrogens with zero attached hydrogens (tertiary/aromatic N) is 2. The summed E-state index contributed by atoms with van der Waals surface area (Å²) in [7, 11) is -3.64. The highest BCUT2D eigenvalue weighted by Crippen LogP contribution is 2.28. The summed E-state index contributed by atoms with van der Waals surface area (Å²) in [6, 6.07) is 20.4. The molecule has 11 heteroatoms. The molecule has 0 spiro atoms. The summed E-state index contributed by atoms with van der Waals surface area (Å²) in [4.78, 5) is 29.3. The Kier molecular flexibility index (Phi) is 13.4. The number of nitrogens with one attached hydrogen (secondary N) is 1. The van der Waals surface area contributed by atoms with E-state index in [-0.39, 0.29) is 50.2 Å². The molecule has 0 aromatic heterocycles.